The van der Waals surface area contributed by atoms with Crippen LogP contribution in [0.15, 0.2) is 18.2 Å². The Kier molecular flexibility index (Phi) is 5.57. The van der Waals surface area contributed by atoms with Crippen LogP contribution in [0.5, 0.6) is 0 Å². The van der Waals surface area contributed by atoms with Gasteiger partial charge in [0.05, 0.1) is 16.7 Å². The lowest BCUT2D eigenvalue weighted by Gasteiger charge is -2.30. The smallest absolute Gasteiger partial charge is 0.0612 e. The number of nitrogens with one attached hydrogen (secondary N) is 1. The maximum absolute atomic E-state index is 9.47. The van der Waals surface area contributed by atoms with Crippen molar-refractivity contribution in [3.8, 4) is 0 Å². The van der Waals surface area contributed by atoms with Crippen molar-refractivity contribution in [2.45, 2.75) is 26.7 Å². The molecule has 4 heteroatoms. The van der Waals surface area contributed by atoms with E-state index in [9.17, 15) is 5.11 Å². The van der Waals surface area contributed by atoms with Gasteiger partial charge in [-0.05, 0) is 31.0 Å². The zero-order valence-electron chi connectivity index (χ0n) is 10.3. The number of rotatable bonds is 6. The van der Waals surface area contributed by atoms with Crippen molar-refractivity contribution in [3.63, 3.8) is 0 Å². The van der Waals surface area contributed by atoms with Crippen LogP contribution in [0.3, 0.4) is 0 Å². The van der Waals surface area contributed by atoms with Crippen LogP contribution in [-0.4, -0.2) is 18.3 Å². The average Bonchev–Trinajstić information content (AvgIpc) is 2.36. The summed E-state index contributed by atoms with van der Waals surface area (Å²) in [7, 11) is 0. The number of halogens is 2. The lowest BCUT2D eigenvalue weighted by Crippen LogP contribution is -2.32. The van der Waals surface area contributed by atoms with Crippen LogP contribution in [0, 0.1) is 5.41 Å². The molecule has 0 amide bonds. The number of hydrogen-bond donors (Lipinski definition) is 2. The van der Waals surface area contributed by atoms with E-state index in [4.69, 9.17) is 23.2 Å². The standard InChI is InChI=1S/C13H19Cl2NO/c1-3-13(4-2,9-17)8-16-10-5-6-11(14)12(15)7-10/h5-7,16-17H,3-4,8-9H2,1-2H3. The third kappa shape index (κ3) is 3.77. The highest BCUT2D eigenvalue weighted by Crippen LogP contribution is 2.28. The van der Waals surface area contributed by atoms with E-state index in [0.717, 1.165) is 25.1 Å². The third-order valence-corrected chi connectivity index (χ3v) is 4.16. The van der Waals surface area contributed by atoms with Crippen LogP contribution in [0.2, 0.25) is 10.0 Å². The molecule has 1 aromatic carbocycles. The first-order chi connectivity index (χ1) is 8.06. The molecule has 96 valence electrons. The molecule has 0 unspecified atom stereocenters. The first-order valence-corrected chi connectivity index (χ1v) is 6.62. The molecule has 0 saturated carbocycles. The number of aliphatic hydroxyl groups excluding tert-OH is 1. The lowest BCUT2D eigenvalue weighted by molar-refractivity contribution is 0.127. The molecule has 0 atom stereocenters. The van der Waals surface area contributed by atoms with E-state index < -0.39 is 0 Å². The normalized spacial score (nSPS) is 11.6. The summed E-state index contributed by atoms with van der Waals surface area (Å²) in [5.74, 6) is 0. The second kappa shape index (κ2) is 6.48. The van der Waals surface area contributed by atoms with Crippen molar-refractivity contribution in [2.75, 3.05) is 18.5 Å². The van der Waals surface area contributed by atoms with Gasteiger partial charge in [0.2, 0.25) is 0 Å². The van der Waals surface area contributed by atoms with Gasteiger partial charge in [-0.3, -0.25) is 0 Å². The van der Waals surface area contributed by atoms with Crippen molar-refractivity contribution in [3.05, 3.63) is 28.2 Å². The van der Waals surface area contributed by atoms with Gasteiger partial charge in [0.1, 0.15) is 0 Å². The molecule has 0 radical (unpaired) electrons. The maximum Gasteiger partial charge on any atom is 0.0612 e. The molecule has 1 rings (SSSR count). The summed E-state index contributed by atoms with van der Waals surface area (Å²) >= 11 is 11.8. The molecule has 0 heterocycles. The van der Waals surface area contributed by atoms with Crippen LogP contribution in [0.1, 0.15) is 26.7 Å². The molecule has 0 aliphatic carbocycles. The molecule has 1 aromatic rings. The van der Waals surface area contributed by atoms with Crippen LogP contribution >= 0.6 is 23.2 Å². The predicted molar refractivity (Wildman–Crippen MR) is 75.1 cm³/mol. The van der Waals surface area contributed by atoms with Crippen molar-refractivity contribution >= 4 is 28.9 Å². The zero-order chi connectivity index (χ0) is 12.9. The van der Waals surface area contributed by atoms with Gasteiger partial charge in [0.15, 0.2) is 0 Å². The van der Waals surface area contributed by atoms with Gasteiger partial charge in [-0.2, -0.15) is 0 Å². The first kappa shape index (κ1) is 14.6. The molecule has 0 aliphatic rings. The van der Waals surface area contributed by atoms with Gasteiger partial charge in [-0.15, -0.1) is 0 Å². The highest BCUT2D eigenvalue weighted by Gasteiger charge is 2.24. The first-order valence-electron chi connectivity index (χ1n) is 5.86. The van der Waals surface area contributed by atoms with Crippen LogP contribution < -0.4 is 5.32 Å². The van der Waals surface area contributed by atoms with Gasteiger partial charge >= 0.3 is 0 Å². The molecule has 0 aliphatic heterocycles. The van der Waals surface area contributed by atoms with Gasteiger partial charge < -0.3 is 10.4 Å². The summed E-state index contributed by atoms with van der Waals surface area (Å²) in [6, 6.07) is 5.46. The SMILES string of the molecule is CCC(CC)(CO)CNc1ccc(Cl)c(Cl)c1. The topological polar surface area (TPSA) is 32.3 Å². The van der Waals surface area contributed by atoms with Gasteiger partial charge in [0.25, 0.3) is 0 Å². The highest BCUT2D eigenvalue weighted by molar-refractivity contribution is 6.42. The largest absolute Gasteiger partial charge is 0.396 e. The monoisotopic (exact) mass is 275 g/mol. The van der Waals surface area contributed by atoms with Crippen molar-refractivity contribution in [1.29, 1.82) is 0 Å². The molecular weight excluding hydrogens is 257 g/mol. The number of benzene rings is 1. The van der Waals surface area contributed by atoms with Gasteiger partial charge in [0, 0.05) is 17.6 Å². The number of hydrogen-bond acceptors (Lipinski definition) is 2. The van der Waals surface area contributed by atoms with Crippen molar-refractivity contribution in [1.82, 2.24) is 0 Å². The number of anilines is 1. The number of aliphatic hydroxyl groups is 1. The summed E-state index contributed by atoms with van der Waals surface area (Å²) in [5, 5.41) is 13.9. The zero-order valence-corrected chi connectivity index (χ0v) is 11.8. The van der Waals surface area contributed by atoms with E-state index in [1.807, 2.05) is 6.07 Å². The Morgan fingerprint density at radius 1 is 1.18 bits per heavy atom. The fourth-order valence-corrected chi connectivity index (χ4v) is 1.97. The summed E-state index contributed by atoms with van der Waals surface area (Å²) in [5.41, 5.74) is 0.866. The third-order valence-electron chi connectivity index (χ3n) is 3.42. The highest BCUT2D eigenvalue weighted by atomic mass is 35.5. The van der Waals surface area contributed by atoms with Crippen molar-refractivity contribution < 1.29 is 5.11 Å². The van der Waals surface area contributed by atoms with Gasteiger partial charge in [-0.25, -0.2) is 0 Å². The molecule has 0 aromatic heterocycles. The fraction of sp³-hybridized carbons (Fsp3) is 0.538. The molecule has 0 bridgehead atoms. The fourth-order valence-electron chi connectivity index (χ4n) is 1.68. The Bertz CT molecular complexity index is 356. The average molecular weight is 276 g/mol. The Labute approximate surface area is 113 Å². The Morgan fingerprint density at radius 3 is 2.29 bits per heavy atom. The molecular formula is C13H19Cl2NO. The van der Waals surface area contributed by atoms with Crippen LogP contribution in [0.4, 0.5) is 5.69 Å². The lowest BCUT2D eigenvalue weighted by atomic mass is 9.83. The second-order valence-electron chi connectivity index (χ2n) is 4.35. The minimum absolute atomic E-state index is 0.0634. The summed E-state index contributed by atoms with van der Waals surface area (Å²) < 4.78 is 0. The van der Waals surface area contributed by atoms with E-state index >= 15 is 0 Å². The molecule has 0 saturated heterocycles. The van der Waals surface area contributed by atoms with E-state index in [0.29, 0.717) is 10.0 Å². The van der Waals surface area contributed by atoms with E-state index in [-0.39, 0.29) is 12.0 Å². The second-order valence-corrected chi connectivity index (χ2v) is 5.16. The minimum atomic E-state index is -0.0634. The van der Waals surface area contributed by atoms with E-state index in [1.165, 1.54) is 0 Å². The molecule has 2 nitrogen and oxygen atoms in total. The van der Waals surface area contributed by atoms with E-state index in [2.05, 4.69) is 19.2 Å². The predicted octanol–water partition coefficient (Wildman–Crippen LogP) is 4.20. The summed E-state index contributed by atoms with van der Waals surface area (Å²) in [6.07, 6.45) is 1.88. The van der Waals surface area contributed by atoms with E-state index in [1.54, 1.807) is 12.1 Å². The molecule has 0 spiro atoms. The Morgan fingerprint density at radius 2 is 1.82 bits per heavy atom. The Balaban J connectivity index is 2.68. The van der Waals surface area contributed by atoms with Crippen molar-refractivity contribution in [2.24, 2.45) is 5.41 Å². The summed E-state index contributed by atoms with van der Waals surface area (Å²) in [6.45, 7) is 5.11. The molecule has 2 N–H and O–H groups in total. The minimum Gasteiger partial charge on any atom is -0.396 e. The van der Waals surface area contributed by atoms with Crippen LogP contribution in [-0.2, 0) is 0 Å². The Hall–Kier alpha value is -0.440. The van der Waals surface area contributed by atoms with Crippen LogP contribution in [0.25, 0.3) is 0 Å². The molecule has 0 fully saturated rings. The summed E-state index contributed by atoms with van der Waals surface area (Å²) in [4.78, 5) is 0. The quantitative estimate of drug-likeness (QED) is 0.816. The molecule has 17 heavy (non-hydrogen) atoms. The maximum atomic E-state index is 9.47. The van der Waals surface area contributed by atoms with Gasteiger partial charge in [-0.1, -0.05) is 37.0 Å².